The molecule has 130 valence electrons. The van der Waals surface area contributed by atoms with Crippen LogP contribution >= 0.6 is 23.4 Å². The molecule has 4 rings (SSSR count). The number of thioether (sulfide) groups is 1. The quantitative estimate of drug-likeness (QED) is 0.535. The molecular formula is C18H12ClFN4OS. The number of rotatable bonds is 4. The topological polar surface area (TPSA) is 63.0 Å². The summed E-state index contributed by atoms with van der Waals surface area (Å²) in [5, 5.41) is 4.21. The third-order valence-corrected chi connectivity index (χ3v) is 4.92. The van der Waals surface area contributed by atoms with Crippen LogP contribution in [-0.4, -0.2) is 19.6 Å². The SMILES string of the molecule is O=c1cc(-c2ccc(F)cc2)nc2nc(SCc3ccc(Cl)cc3)[nH]n12. The molecular weight excluding hydrogens is 375 g/mol. The lowest BCUT2D eigenvalue weighted by molar-refractivity contribution is 0.628. The van der Waals surface area contributed by atoms with Gasteiger partial charge in [0.15, 0.2) is 5.16 Å². The molecule has 0 saturated heterocycles. The van der Waals surface area contributed by atoms with E-state index in [4.69, 9.17) is 11.6 Å². The van der Waals surface area contributed by atoms with Gasteiger partial charge in [-0.15, -0.1) is 0 Å². The Morgan fingerprint density at radius 1 is 1.08 bits per heavy atom. The van der Waals surface area contributed by atoms with Gasteiger partial charge in [0.25, 0.3) is 11.3 Å². The van der Waals surface area contributed by atoms with Gasteiger partial charge in [0.2, 0.25) is 0 Å². The van der Waals surface area contributed by atoms with Gasteiger partial charge >= 0.3 is 0 Å². The summed E-state index contributed by atoms with van der Waals surface area (Å²) in [4.78, 5) is 21.1. The van der Waals surface area contributed by atoms with Crippen molar-refractivity contribution in [1.82, 2.24) is 19.6 Å². The summed E-state index contributed by atoms with van der Waals surface area (Å²) in [5.74, 6) is 0.610. The molecule has 1 N–H and O–H groups in total. The second kappa shape index (κ2) is 6.93. The maximum atomic E-state index is 13.1. The molecule has 0 aliphatic rings. The van der Waals surface area contributed by atoms with Gasteiger partial charge in [-0.1, -0.05) is 35.5 Å². The van der Waals surface area contributed by atoms with E-state index in [1.54, 1.807) is 12.1 Å². The van der Waals surface area contributed by atoms with Crippen molar-refractivity contribution in [2.45, 2.75) is 10.9 Å². The molecule has 0 bridgehead atoms. The van der Waals surface area contributed by atoms with Crippen molar-refractivity contribution >= 4 is 29.1 Å². The minimum atomic E-state index is -0.341. The molecule has 4 aromatic rings. The third kappa shape index (κ3) is 3.49. The molecule has 0 spiro atoms. The first-order chi connectivity index (χ1) is 12.6. The van der Waals surface area contributed by atoms with Gasteiger partial charge in [0.1, 0.15) is 5.82 Å². The first kappa shape index (κ1) is 16.8. The van der Waals surface area contributed by atoms with Crippen LogP contribution in [0.5, 0.6) is 0 Å². The van der Waals surface area contributed by atoms with E-state index in [1.165, 1.54) is 34.5 Å². The number of nitrogens with zero attached hydrogens (tertiary/aromatic N) is 3. The van der Waals surface area contributed by atoms with Crippen LogP contribution in [0.3, 0.4) is 0 Å². The summed E-state index contributed by atoms with van der Waals surface area (Å²) >= 11 is 7.34. The lowest BCUT2D eigenvalue weighted by atomic mass is 10.1. The molecule has 0 aliphatic carbocycles. The Morgan fingerprint density at radius 3 is 2.54 bits per heavy atom. The zero-order chi connectivity index (χ0) is 18.1. The maximum Gasteiger partial charge on any atom is 0.274 e. The van der Waals surface area contributed by atoms with Gasteiger partial charge in [0, 0.05) is 22.4 Å². The number of nitrogens with one attached hydrogen (secondary N) is 1. The fourth-order valence-electron chi connectivity index (χ4n) is 2.43. The zero-order valence-electron chi connectivity index (χ0n) is 13.3. The number of fused-ring (bicyclic) bond motifs is 1. The predicted molar refractivity (Wildman–Crippen MR) is 100 cm³/mol. The van der Waals surface area contributed by atoms with Crippen molar-refractivity contribution in [3.63, 3.8) is 0 Å². The molecule has 0 aliphatic heterocycles. The number of benzene rings is 2. The highest BCUT2D eigenvalue weighted by Gasteiger charge is 2.10. The van der Waals surface area contributed by atoms with Gasteiger partial charge in [-0.2, -0.15) is 9.50 Å². The first-order valence-corrected chi connectivity index (χ1v) is 9.08. The maximum absolute atomic E-state index is 13.1. The third-order valence-electron chi connectivity index (χ3n) is 3.74. The minimum Gasteiger partial charge on any atom is -0.267 e. The van der Waals surface area contributed by atoms with E-state index in [1.807, 2.05) is 24.3 Å². The predicted octanol–water partition coefficient (Wildman–Crippen LogP) is 4.17. The Morgan fingerprint density at radius 2 is 1.81 bits per heavy atom. The summed E-state index contributed by atoms with van der Waals surface area (Å²) in [5.41, 5.74) is 1.92. The summed E-state index contributed by atoms with van der Waals surface area (Å²) in [7, 11) is 0. The van der Waals surface area contributed by atoms with Crippen molar-refractivity contribution < 1.29 is 4.39 Å². The van der Waals surface area contributed by atoms with Gasteiger partial charge in [0.05, 0.1) is 5.69 Å². The Hall–Kier alpha value is -2.64. The molecule has 26 heavy (non-hydrogen) atoms. The highest BCUT2D eigenvalue weighted by molar-refractivity contribution is 7.98. The Labute approximate surface area is 156 Å². The van der Waals surface area contributed by atoms with E-state index in [0.29, 0.717) is 27.2 Å². The molecule has 0 fully saturated rings. The van der Waals surface area contributed by atoms with Crippen molar-refractivity contribution in [3.8, 4) is 11.3 Å². The summed E-state index contributed by atoms with van der Waals surface area (Å²) in [6.07, 6.45) is 0. The smallest absolute Gasteiger partial charge is 0.267 e. The lowest BCUT2D eigenvalue weighted by Crippen LogP contribution is -2.14. The summed E-state index contributed by atoms with van der Waals surface area (Å²) < 4.78 is 14.4. The molecule has 0 saturated carbocycles. The van der Waals surface area contributed by atoms with E-state index < -0.39 is 0 Å². The minimum absolute atomic E-state index is 0.274. The van der Waals surface area contributed by atoms with Crippen molar-refractivity contribution in [2.24, 2.45) is 0 Å². The van der Waals surface area contributed by atoms with E-state index >= 15 is 0 Å². The molecule has 2 aromatic heterocycles. The van der Waals surface area contributed by atoms with Crippen LogP contribution in [0.1, 0.15) is 5.56 Å². The second-order valence-electron chi connectivity index (χ2n) is 5.57. The molecule has 2 aromatic carbocycles. The van der Waals surface area contributed by atoms with Crippen molar-refractivity contribution in [1.29, 1.82) is 0 Å². The molecule has 0 radical (unpaired) electrons. The first-order valence-electron chi connectivity index (χ1n) is 7.71. The Bertz CT molecular complexity index is 1120. The molecule has 5 nitrogen and oxygen atoms in total. The van der Waals surface area contributed by atoms with Gasteiger partial charge in [-0.05, 0) is 42.0 Å². The van der Waals surface area contributed by atoms with E-state index in [9.17, 15) is 9.18 Å². The standard InChI is InChI=1S/C18H12ClFN4OS/c19-13-5-1-11(2-6-13)10-26-18-22-17-21-15(9-16(25)24(17)23-18)12-3-7-14(20)8-4-12/h1-9H,10H2,(H,21,22,23). The van der Waals surface area contributed by atoms with Crippen LogP contribution in [-0.2, 0) is 5.75 Å². The highest BCUT2D eigenvalue weighted by Crippen LogP contribution is 2.22. The van der Waals surface area contributed by atoms with Gasteiger partial charge < -0.3 is 0 Å². The number of aromatic nitrogens is 4. The van der Waals surface area contributed by atoms with Crippen LogP contribution in [0.25, 0.3) is 17.0 Å². The van der Waals surface area contributed by atoms with Crippen LogP contribution in [0.2, 0.25) is 5.02 Å². The summed E-state index contributed by atoms with van der Waals surface area (Å²) in [6.45, 7) is 0. The van der Waals surface area contributed by atoms with Gasteiger partial charge in [-0.3, -0.25) is 9.89 Å². The monoisotopic (exact) mass is 386 g/mol. The Balaban J connectivity index is 1.62. The van der Waals surface area contributed by atoms with Crippen molar-refractivity contribution in [2.75, 3.05) is 0 Å². The number of hydrogen-bond donors (Lipinski definition) is 1. The van der Waals surface area contributed by atoms with E-state index in [-0.39, 0.29) is 17.2 Å². The lowest BCUT2D eigenvalue weighted by Gasteiger charge is -2.00. The van der Waals surface area contributed by atoms with E-state index in [2.05, 4.69) is 15.1 Å². The largest absolute Gasteiger partial charge is 0.274 e. The molecule has 8 heteroatoms. The molecule has 0 unspecified atom stereocenters. The number of H-pyrrole nitrogens is 1. The average molecular weight is 387 g/mol. The van der Waals surface area contributed by atoms with E-state index in [0.717, 1.165) is 5.56 Å². The number of halogens is 2. The fraction of sp³-hybridized carbons (Fsp3) is 0.0556. The van der Waals surface area contributed by atoms with Crippen LogP contribution in [0.4, 0.5) is 4.39 Å². The second-order valence-corrected chi connectivity index (χ2v) is 6.97. The number of hydrogen-bond acceptors (Lipinski definition) is 4. The Kier molecular flexibility index (Phi) is 4.48. The van der Waals surface area contributed by atoms with Crippen LogP contribution < -0.4 is 5.56 Å². The average Bonchev–Trinajstić information content (AvgIpc) is 3.05. The fourth-order valence-corrected chi connectivity index (χ4v) is 3.35. The van der Waals surface area contributed by atoms with Crippen LogP contribution in [0.15, 0.2) is 64.5 Å². The highest BCUT2D eigenvalue weighted by atomic mass is 35.5. The summed E-state index contributed by atoms with van der Waals surface area (Å²) in [6, 6.07) is 14.8. The van der Waals surface area contributed by atoms with Gasteiger partial charge in [-0.25, -0.2) is 9.37 Å². The van der Waals surface area contributed by atoms with Crippen LogP contribution in [0, 0.1) is 5.82 Å². The van der Waals surface area contributed by atoms with Crippen molar-refractivity contribution in [3.05, 3.63) is 81.4 Å². The molecule has 0 atom stereocenters. The molecule has 0 amide bonds. The number of aromatic amines is 1. The zero-order valence-corrected chi connectivity index (χ0v) is 14.9. The molecule has 2 heterocycles. The normalized spacial score (nSPS) is 11.2.